The summed E-state index contributed by atoms with van der Waals surface area (Å²) in [6.45, 7) is 12.5. The summed E-state index contributed by atoms with van der Waals surface area (Å²) in [4.78, 5) is 26.4. The number of hydrogen-bond acceptors (Lipinski definition) is 8. The number of esters is 2. The molecule has 1 N–H and O–H groups in total. The van der Waals surface area contributed by atoms with E-state index in [1.807, 2.05) is 6.07 Å². The molecule has 1 aromatic rings. The Bertz CT molecular complexity index is 1260. The van der Waals surface area contributed by atoms with Crippen LogP contribution in [0.1, 0.15) is 72.3 Å². The van der Waals surface area contributed by atoms with Gasteiger partial charge < -0.3 is 28.5 Å². The first-order valence-corrected chi connectivity index (χ1v) is 14.5. The third-order valence-corrected chi connectivity index (χ3v) is 11.7. The molecule has 0 radical (unpaired) electrons. The van der Waals surface area contributed by atoms with Crippen molar-refractivity contribution in [3.63, 3.8) is 0 Å². The fraction of sp³-hybridized carbons (Fsp3) is 0.688. The zero-order valence-corrected chi connectivity index (χ0v) is 24.6. The molecule has 2 aliphatic heterocycles. The third-order valence-electron chi connectivity index (χ3n) is 11.7. The lowest BCUT2D eigenvalue weighted by Gasteiger charge is -2.65. The van der Waals surface area contributed by atoms with Gasteiger partial charge in [0.15, 0.2) is 0 Å². The van der Waals surface area contributed by atoms with Gasteiger partial charge in [-0.05, 0) is 50.3 Å². The Kier molecular flexibility index (Phi) is 6.45. The standard InChI is InChI=1S/C32H42O8/c1-8-16(2)29(35)40-23-13-22(33)30(4)15-38-26-27(30)31(23,5)21(12-24(34)36-7)32(6)25-17(3)19(18-9-10-37-14-18)11-20(25)39-28(26)32/h8-10,14,19-23,26-28,33H,11-13,15H2,1-7H3. The second kappa shape index (κ2) is 9.30. The molecule has 2 saturated carbocycles. The highest BCUT2D eigenvalue weighted by atomic mass is 16.6. The highest BCUT2D eigenvalue weighted by Crippen LogP contribution is 2.73. The number of rotatable bonds is 5. The molecule has 40 heavy (non-hydrogen) atoms. The van der Waals surface area contributed by atoms with Crippen LogP contribution in [0.4, 0.5) is 0 Å². The van der Waals surface area contributed by atoms with Gasteiger partial charge in [0.1, 0.15) is 6.10 Å². The van der Waals surface area contributed by atoms with Crippen molar-refractivity contribution in [2.24, 2.45) is 28.1 Å². The van der Waals surface area contributed by atoms with Gasteiger partial charge in [0.25, 0.3) is 0 Å². The number of aliphatic hydroxyl groups is 1. The zero-order valence-electron chi connectivity index (χ0n) is 24.6. The van der Waals surface area contributed by atoms with Gasteiger partial charge in [0.2, 0.25) is 0 Å². The van der Waals surface area contributed by atoms with E-state index < -0.39 is 34.4 Å². The Hall–Kier alpha value is -2.42. The minimum Gasteiger partial charge on any atom is -0.472 e. The lowest BCUT2D eigenvalue weighted by atomic mass is 9.40. The fourth-order valence-corrected chi connectivity index (χ4v) is 9.66. The smallest absolute Gasteiger partial charge is 0.333 e. The number of aliphatic hydroxyl groups excluding tert-OH is 1. The Morgan fingerprint density at radius 3 is 2.62 bits per heavy atom. The van der Waals surface area contributed by atoms with Crippen LogP contribution in [-0.2, 0) is 28.5 Å². The molecule has 11 unspecified atom stereocenters. The summed E-state index contributed by atoms with van der Waals surface area (Å²) in [5.41, 5.74) is 2.24. The molecule has 4 fully saturated rings. The van der Waals surface area contributed by atoms with Gasteiger partial charge in [0.05, 0.1) is 50.7 Å². The van der Waals surface area contributed by atoms with Crippen molar-refractivity contribution in [1.82, 2.24) is 0 Å². The minimum absolute atomic E-state index is 0.120. The maximum Gasteiger partial charge on any atom is 0.333 e. The third kappa shape index (κ3) is 3.48. The monoisotopic (exact) mass is 554 g/mol. The molecule has 0 spiro atoms. The number of allylic oxidation sites excluding steroid dienone is 2. The molecule has 8 nitrogen and oxygen atoms in total. The van der Waals surface area contributed by atoms with E-state index in [0.29, 0.717) is 12.2 Å². The molecule has 3 heterocycles. The average Bonchev–Trinajstić information content (AvgIpc) is 3.70. The Morgan fingerprint density at radius 2 is 1.98 bits per heavy atom. The number of fused-ring (bicyclic) bond motifs is 4. The van der Waals surface area contributed by atoms with Gasteiger partial charge in [-0.2, -0.15) is 0 Å². The molecule has 3 aliphatic carbocycles. The van der Waals surface area contributed by atoms with Crippen molar-refractivity contribution in [3.8, 4) is 0 Å². The SMILES string of the molecule is CC=C(C)C(=O)OC1CC(O)C2(C)COC3C4OC5CC(c6ccoc6)C(C)=C5C4(C)C(CC(=O)OC)C1(C)C32. The lowest BCUT2D eigenvalue weighted by molar-refractivity contribution is -0.248. The van der Waals surface area contributed by atoms with Crippen LogP contribution < -0.4 is 0 Å². The molecular formula is C32H42O8. The molecule has 2 saturated heterocycles. The fourth-order valence-electron chi connectivity index (χ4n) is 9.66. The second-order valence-corrected chi connectivity index (χ2v) is 13.3. The van der Waals surface area contributed by atoms with Gasteiger partial charge in [-0.3, -0.25) is 4.79 Å². The van der Waals surface area contributed by atoms with E-state index in [0.717, 1.165) is 12.0 Å². The topological polar surface area (TPSA) is 104 Å². The van der Waals surface area contributed by atoms with E-state index in [4.69, 9.17) is 23.4 Å². The first-order chi connectivity index (χ1) is 18.9. The molecule has 0 aromatic carbocycles. The molecule has 5 aliphatic rings. The largest absolute Gasteiger partial charge is 0.472 e. The highest BCUT2D eigenvalue weighted by Gasteiger charge is 2.78. The van der Waals surface area contributed by atoms with Gasteiger partial charge in [-0.15, -0.1) is 0 Å². The van der Waals surface area contributed by atoms with Gasteiger partial charge in [-0.1, -0.05) is 32.4 Å². The number of furan rings is 1. The van der Waals surface area contributed by atoms with Crippen LogP contribution in [0.15, 0.2) is 45.8 Å². The summed E-state index contributed by atoms with van der Waals surface area (Å²) < 4.78 is 30.5. The Balaban J connectivity index is 1.54. The maximum absolute atomic E-state index is 13.2. The maximum atomic E-state index is 13.2. The first kappa shape index (κ1) is 27.7. The summed E-state index contributed by atoms with van der Waals surface area (Å²) in [6.07, 6.45) is 4.37. The van der Waals surface area contributed by atoms with E-state index in [2.05, 4.69) is 27.7 Å². The lowest BCUT2D eigenvalue weighted by Crippen LogP contribution is -2.70. The first-order valence-electron chi connectivity index (χ1n) is 14.5. The number of hydrogen-bond donors (Lipinski definition) is 1. The Morgan fingerprint density at radius 1 is 1.23 bits per heavy atom. The van der Waals surface area contributed by atoms with Crippen LogP contribution in [0.3, 0.4) is 0 Å². The quantitative estimate of drug-likeness (QED) is 0.317. The van der Waals surface area contributed by atoms with E-state index in [1.54, 1.807) is 32.4 Å². The van der Waals surface area contributed by atoms with E-state index >= 15 is 0 Å². The van der Waals surface area contributed by atoms with Crippen LogP contribution in [0.25, 0.3) is 0 Å². The molecule has 11 atom stereocenters. The summed E-state index contributed by atoms with van der Waals surface area (Å²) in [7, 11) is 1.42. The van der Waals surface area contributed by atoms with E-state index in [9.17, 15) is 14.7 Å². The predicted octanol–water partition coefficient (Wildman–Crippen LogP) is 4.72. The molecule has 0 amide bonds. The second-order valence-electron chi connectivity index (χ2n) is 13.3. The molecule has 0 bridgehead atoms. The Labute approximate surface area is 236 Å². The van der Waals surface area contributed by atoms with Crippen molar-refractivity contribution in [2.75, 3.05) is 13.7 Å². The number of ether oxygens (including phenoxy) is 4. The summed E-state index contributed by atoms with van der Waals surface area (Å²) in [5.74, 6) is -1.02. The number of carbonyl (C=O) groups excluding carboxylic acids is 2. The molecule has 6 rings (SSSR count). The summed E-state index contributed by atoms with van der Waals surface area (Å²) in [5, 5.41) is 11.5. The van der Waals surface area contributed by atoms with Crippen LogP contribution in [0, 0.1) is 28.1 Å². The minimum atomic E-state index is -0.727. The summed E-state index contributed by atoms with van der Waals surface area (Å²) >= 11 is 0. The van der Waals surface area contributed by atoms with Gasteiger partial charge >= 0.3 is 11.9 Å². The molecule has 1 aromatic heterocycles. The van der Waals surface area contributed by atoms with Crippen molar-refractivity contribution in [1.29, 1.82) is 0 Å². The van der Waals surface area contributed by atoms with Crippen molar-refractivity contribution < 1.29 is 38.1 Å². The van der Waals surface area contributed by atoms with Crippen molar-refractivity contribution in [2.45, 2.75) is 97.2 Å². The van der Waals surface area contributed by atoms with Crippen LogP contribution in [-0.4, -0.2) is 61.3 Å². The number of methoxy groups -OCH3 is 1. The highest BCUT2D eigenvalue weighted by molar-refractivity contribution is 5.87. The molecule has 218 valence electrons. The average molecular weight is 555 g/mol. The zero-order chi connectivity index (χ0) is 28.8. The molecular weight excluding hydrogens is 512 g/mol. The normalized spacial score (nSPS) is 45.6. The van der Waals surface area contributed by atoms with Gasteiger partial charge in [-0.25, -0.2) is 4.79 Å². The van der Waals surface area contributed by atoms with E-state index in [-0.39, 0.29) is 54.9 Å². The summed E-state index contributed by atoms with van der Waals surface area (Å²) in [6, 6.07) is 2.01. The van der Waals surface area contributed by atoms with Gasteiger partial charge in [0, 0.05) is 46.5 Å². The van der Waals surface area contributed by atoms with Crippen LogP contribution in [0.2, 0.25) is 0 Å². The van der Waals surface area contributed by atoms with Crippen molar-refractivity contribution >= 4 is 11.9 Å². The predicted molar refractivity (Wildman–Crippen MR) is 145 cm³/mol. The van der Waals surface area contributed by atoms with Crippen LogP contribution in [0.5, 0.6) is 0 Å². The number of carbonyl (C=O) groups is 2. The van der Waals surface area contributed by atoms with Crippen molar-refractivity contribution in [3.05, 3.63) is 47.0 Å². The molecule has 8 heteroatoms. The van der Waals surface area contributed by atoms with Crippen LogP contribution >= 0.6 is 0 Å². The van der Waals surface area contributed by atoms with E-state index in [1.165, 1.54) is 18.3 Å².